The molecule has 0 bridgehead atoms. The van der Waals surface area contributed by atoms with Gasteiger partial charge in [-0.2, -0.15) is 0 Å². The number of rotatable bonds is 4. The Hall–Kier alpha value is -3.61. The van der Waals surface area contributed by atoms with Crippen LogP contribution in [0.3, 0.4) is 0 Å². The SMILES string of the molecule is O=C1CCC(N2Cc3cc(C4=C(c5ccccc5)OC(C5CC5)N4)ccc3C2=O)C(=O)N1. The number of hydrogen-bond acceptors (Lipinski definition) is 5. The number of piperidine rings is 1. The van der Waals surface area contributed by atoms with Gasteiger partial charge in [0.15, 0.2) is 12.0 Å². The van der Waals surface area contributed by atoms with E-state index in [1.54, 1.807) is 4.90 Å². The Morgan fingerprint density at radius 1 is 0.938 bits per heavy atom. The Kier molecular flexibility index (Phi) is 4.31. The van der Waals surface area contributed by atoms with E-state index in [1.165, 1.54) is 0 Å². The molecule has 2 aromatic carbocycles. The quantitative estimate of drug-likeness (QED) is 0.730. The molecule has 0 aromatic heterocycles. The zero-order valence-corrected chi connectivity index (χ0v) is 17.5. The molecule has 6 rings (SSSR count). The maximum atomic E-state index is 13.0. The molecule has 3 amide bonds. The van der Waals surface area contributed by atoms with Gasteiger partial charge in [-0.25, -0.2) is 0 Å². The van der Waals surface area contributed by atoms with Crippen molar-refractivity contribution in [1.29, 1.82) is 0 Å². The summed E-state index contributed by atoms with van der Waals surface area (Å²) in [5, 5.41) is 5.91. The Bertz CT molecular complexity index is 1170. The summed E-state index contributed by atoms with van der Waals surface area (Å²) >= 11 is 0. The van der Waals surface area contributed by atoms with E-state index in [9.17, 15) is 14.4 Å². The van der Waals surface area contributed by atoms with Gasteiger partial charge in [0, 0.05) is 35.6 Å². The van der Waals surface area contributed by atoms with Gasteiger partial charge in [-0.05, 0) is 37.0 Å². The number of carbonyl (C=O) groups is 3. The summed E-state index contributed by atoms with van der Waals surface area (Å²) in [5.41, 5.74) is 4.40. The third-order valence-corrected chi connectivity index (χ3v) is 6.66. The minimum Gasteiger partial charge on any atom is -0.468 e. The Morgan fingerprint density at radius 3 is 2.50 bits per heavy atom. The summed E-state index contributed by atoms with van der Waals surface area (Å²) in [4.78, 5) is 38.4. The van der Waals surface area contributed by atoms with Crippen molar-refractivity contribution in [2.45, 2.75) is 44.5 Å². The molecule has 1 saturated heterocycles. The second kappa shape index (κ2) is 7.22. The van der Waals surface area contributed by atoms with Gasteiger partial charge in [-0.1, -0.05) is 36.4 Å². The third-order valence-electron chi connectivity index (χ3n) is 6.66. The molecule has 1 aliphatic carbocycles. The highest BCUT2D eigenvalue weighted by atomic mass is 16.5. The van der Waals surface area contributed by atoms with Crippen molar-refractivity contribution in [3.05, 3.63) is 70.8 Å². The highest BCUT2D eigenvalue weighted by Crippen LogP contribution is 2.42. The molecule has 1 saturated carbocycles. The van der Waals surface area contributed by atoms with E-state index in [4.69, 9.17) is 4.74 Å². The van der Waals surface area contributed by atoms with Crippen LogP contribution in [0, 0.1) is 5.92 Å². The number of fused-ring (bicyclic) bond motifs is 1. The Morgan fingerprint density at radius 2 is 1.75 bits per heavy atom. The highest BCUT2D eigenvalue weighted by molar-refractivity contribution is 6.05. The fraction of sp³-hybridized carbons (Fsp3) is 0.320. The van der Waals surface area contributed by atoms with Crippen LogP contribution >= 0.6 is 0 Å². The molecule has 2 fully saturated rings. The van der Waals surface area contributed by atoms with Gasteiger partial charge in [0.25, 0.3) is 5.91 Å². The molecule has 2 atom stereocenters. The molecule has 7 nitrogen and oxygen atoms in total. The average Bonchev–Trinajstić information content (AvgIpc) is 3.47. The van der Waals surface area contributed by atoms with E-state index >= 15 is 0 Å². The molecular formula is C25H23N3O4. The minimum absolute atomic E-state index is 0.0323. The number of carbonyl (C=O) groups excluding carboxylic acids is 3. The van der Waals surface area contributed by atoms with E-state index in [0.717, 1.165) is 41.0 Å². The fourth-order valence-corrected chi connectivity index (χ4v) is 4.78. The second-order valence-corrected chi connectivity index (χ2v) is 8.86. The minimum atomic E-state index is -0.609. The number of benzene rings is 2. The molecule has 3 heterocycles. The van der Waals surface area contributed by atoms with Crippen molar-refractivity contribution < 1.29 is 19.1 Å². The van der Waals surface area contributed by atoms with Crippen LogP contribution in [0.15, 0.2) is 48.5 Å². The Labute approximate surface area is 185 Å². The van der Waals surface area contributed by atoms with Crippen LogP contribution in [-0.2, 0) is 20.9 Å². The molecule has 162 valence electrons. The molecule has 2 aromatic rings. The van der Waals surface area contributed by atoms with Crippen LogP contribution in [0.5, 0.6) is 0 Å². The first kappa shape index (κ1) is 19.1. The molecular weight excluding hydrogens is 406 g/mol. The van der Waals surface area contributed by atoms with Crippen molar-refractivity contribution in [2.24, 2.45) is 5.92 Å². The molecule has 32 heavy (non-hydrogen) atoms. The number of hydrogen-bond donors (Lipinski definition) is 2. The highest BCUT2D eigenvalue weighted by Gasteiger charge is 2.41. The molecule has 7 heteroatoms. The molecule has 4 aliphatic rings. The van der Waals surface area contributed by atoms with Gasteiger partial charge in [-0.15, -0.1) is 0 Å². The van der Waals surface area contributed by atoms with E-state index in [0.29, 0.717) is 24.4 Å². The topological polar surface area (TPSA) is 87.7 Å². The molecule has 2 unspecified atom stereocenters. The van der Waals surface area contributed by atoms with Crippen molar-refractivity contribution >= 4 is 29.2 Å². The lowest BCUT2D eigenvalue weighted by molar-refractivity contribution is -0.136. The Balaban J connectivity index is 1.32. The predicted octanol–water partition coefficient (Wildman–Crippen LogP) is 2.63. The molecule has 2 N–H and O–H groups in total. The number of nitrogens with zero attached hydrogens (tertiary/aromatic N) is 1. The smallest absolute Gasteiger partial charge is 0.255 e. The number of amides is 3. The average molecular weight is 429 g/mol. The van der Waals surface area contributed by atoms with Gasteiger partial charge >= 0.3 is 0 Å². The largest absolute Gasteiger partial charge is 0.468 e. The summed E-state index contributed by atoms with van der Waals surface area (Å²) in [6, 6.07) is 15.2. The maximum Gasteiger partial charge on any atom is 0.255 e. The van der Waals surface area contributed by atoms with Gasteiger partial charge in [0.1, 0.15) is 6.04 Å². The zero-order chi connectivity index (χ0) is 21.8. The van der Waals surface area contributed by atoms with Gasteiger partial charge in [-0.3, -0.25) is 19.7 Å². The van der Waals surface area contributed by atoms with Crippen molar-refractivity contribution in [1.82, 2.24) is 15.5 Å². The molecule has 0 spiro atoms. The van der Waals surface area contributed by atoms with E-state index < -0.39 is 11.9 Å². The lowest BCUT2D eigenvalue weighted by Crippen LogP contribution is -2.52. The first-order chi connectivity index (χ1) is 15.6. The van der Waals surface area contributed by atoms with Gasteiger partial charge in [0.05, 0.1) is 5.70 Å². The maximum absolute atomic E-state index is 13.0. The van der Waals surface area contributed by atoms with Crippen LogP contribution in [0.25, 0.3) is 11.5 Å². The van der Waals surface area contributed by atoms with E-state index in [2.05, 4.69) is 10.6 Å². The summed E-state index contributed by atoms with van der Waals surface area (Å²) in [7, 11) is 0. The van der Waals surface area contributed by atoms with Crippen molar-refractivity contribution in [2.75, 3.05) is 0 Å². The zero-order valence-electron chi connectivity index (χ0n) is 17.5. The summed E-state index contributed by atoms with van der Waals surface area (Å²) < 4.78 is 6.33. The van der Waals surface area contributed by atoms with E-state index in [-0.39, 0.29) is 24.5 Å². The number of nitrogens with one attached hydrogen (secondary N) is 2. The standard InChI is InChI=1S/C25H23N3O4/c29-20-11-10-19(23(30)26-20)28-13-17-12-16(8-9-18(17)25(28)31)21-22(14-4-2-1-3-5-14)32-24(27-21)15-6-7-15/h1-5,8-9,12,15,19,24,27H,6-7,10-11,13H2,(H,26,29,30). The van der Waals surface area contributed by atoms with Crippen molar-refractivity contribution in [3.8, 4) is 0 Å². The van der Waals surface area contributed by atoms with E-state index in [1.807, 2.05) is 48.5 Å². The van der Waals surface area contributed by atoms with Crippen LogP contribution in [-0.4, -0.2) is 34.9 Å². The first-order valence-electron chi connectivity index (χ1n) is 11.1. The second-order valence-electron chi connectivity index (χ2n) is 8.86. The normalized spacial score (nSPS) is 24.9. The lowest BCUT2D eigenvalue weighted by atomic mass is 10.0. The molecule has 0 radical (unpaired) electrons. The van der Waals surface area contributed by atoms with Crippen LogP contribution < -0.4 is 10.6 Å². The summed E-state index contributed by atoms with van der Waals surface area (Å²) in [6.07, 6.45) is 2.90. The first-order valence-corrected chi connectivity index (χ1v) is 11.1. The van der Waals surface area contributed by atoms with Gasteiger partial charge < -0.3 is 15.0 Å². The fourth-order valence-electron chi connectivity index (χ4n) is 4.78. The summed E-state index contributed by atoms with van der Waals surface area (Å²) in [6.45, 7) is 0.356. The van der Waals surface area contributed by atoms with Crippen LogP contribution in [0.2, 0.25) is 0 Å². The summed E-state index contributed by atoms with van der Waals surface area (Å²) in [5.74, 6) is 0.509. The van der Waals surface area contributed by atoms with Crippen LogP contribution in [0.4, 0.5) is 0 Å². The lowest BCUT2D eigenvalue weighted by Gasteiger charge is -2.29. The van der Waals surface area contributed by atoms with Crippen molar-refractivity contribution in [3.63, 3.8) is 0 Å². The monoisotopic (exact) mass is 429 g/mol. The third kappa shape index (κ3) is 3.16. The number of imide groups is 1. The van der Waals surface area contributed by atoms with Crippen LogP contribution in [0.1, 0.15) is 52.7 Å². The predicted molar refractivity (Wildman–Crippen MR) is 116 cm³/mol. The number of ether oxygens (including phenoxy) is 1. The van der Waals surface area contributed by atoms with Gasteiger partial charge in [0.2, 0.25) is 11.8 Å². The molecule has 3 aliphatic heterocycles.